The van der Waals surface area contributed by atoms with E-state index in [0.29, 0.717) is 22.2 Å². The molecule has 7 nitrogen and oxygen atoms in total. The van der Waals surface area contributed by atoms with E-state index in [2.05, 4.69) is 9.97 Å². The summed E-state index contributed by atoms with van der Waals surface area (Å²) >= 11 is 0. The van der Waals surface area contributed by atoms with Crippen LogP contribution in [0, 0.1) is 10.1 Å². The van der Waals surface area contributed by atoms with Gasteiger partial charge in [0, 0.05) is 23.4 Å². The van der Waals surface area contributed by atoms with Crippen LogP contribution in [-0.4, -0.2) is 14.9 Å². The predicted octanol–water partition coefficient (Wildman–Crippen LogP) is 2.08. The molecule has 3 N–H and O–H groups in total. The van der Waals surface area contributed by atoms with E-state index < -0.39 is 4.92 Å². The first-order chi connectivity index (χ1) is 10.0. The summed E-state index contributed by atoms with van der Waals surface area (Å²) in [6.07, 6.45) is 0. The Hall–Kier alpha value is -3.22. The first-order valence-corrected chi connectivity index (χ1v) is 6.09. The van der Waals surface area contributed by atoms with Crippen molar-refractivity contribution in [3.63, 3.8) is 0 Å². The SMILES string of the molecule is Nc1ccc2nc(-c3cccc([N+](=O)[O-])c3)[nH]c(=O)c2c1. The highest BCUT2D eigenvalue weighted by Crippen LogP contribution is 2.21. The van der Waals surface area contributed by atoms with Crippen molar-refractivity contribution in [2.45, 2.75) is 0 Å². The van der Waals surface area contributed by atoms with Crippen molar-refractivity contribution in [3.05, 3.63) is 62.9 Å². The summed E-state index contributed by atoms with van der Waals surface area (Å²) < 4.78 is 0. The van der Waals surface area contributed by atoms with Crippen LogP contribution in [0.4, 0.5) is 11.4 Å². The summed E-state index contributed by atoms with van der Waals surface area (Å²) in [6, 6.07) is 10.8. The molecule has 3 rings (SSSR count). The minimum Gasteiger partial charge on any atom is -0.399 e. The fraction of sp³-hybridized carbons (Fsp3) is 0. The number of anilines is 1. The highest BCUT2D eigenvalue weighted by molar-refractivity contribution is 5.82. The van der Waals surface area contributed by atoms with Gasteiger partial charge in [-0.25, -0.2) is 4.98 Å². The van der Waals surface area contributed by atoms with Crippen LogP contribution < -0.4 is 11.3 Å². The van der Waals surface area contributed by atoms with Gasteiger partial charge < -0.3 is 10.7 Å². The molecule has 0 bridgehead atoms. The predicted molar refractivity (Wildman–Crippen MR) is 78.9 cm³/mol. The molecule has 0 aliphatic heterocycles. The third-order valence-corrected chi connectivity index (χ3v) is 3.06. The lowest BCUT2D eigenvalue weighted by Crippen LogP contribution is -2.10. The number of nitrogen functional groups attached to an aromatic ring is 1. The standard InChI is InChI=1S/C14H10N4O3/c15-9-4-5-12-11(7-9)14(19)17-13(16-12)8-2-1-3-10(6-8)18(20)21/h1-7H,15H2,(H,16,17,19). The van der Waals surface area contributed by atoms with Crippen molar-refractivity contribution in [2.75, 3.05) is 5.73 Å². The van der Waals surface area contributed by atoms with E-state index in [4.69, 9.17) is 5.73 Å². The van der Waals surface area contributed by atoms with Gasteiger partial charge >= 0.3 is 0 Å². The largest absolute Gasteiger partial charge is 0.399 e. The van der Waals surface area contributed by atoms with Crippen LogP contribution >= 0.6 is 0 Å². The van der Waals surface area contributed by atoms with Crippen molar-refractivity contribution >= 4 is 22.3 Å². The van der Waals surface area contributed by atoms with Crippen LogP contribution in [0.1, 0.15) is 0 Å². The van der Waals surface area contributed by atoms with E-state index in [1.807, 2.05) is 0 Å². The molecule has 2 aromatic carbocycles. The van der Waals surface area contributed by atoms with Gasteiger partial charge in [-0.15, -0.1) is 0 Å². The number of fused-ring (bicyclic) bond motifs is 1. The molecule has 0 unspecified atom stereocenters. The lowest BCUT2D eigenvalue weighted by Gasteiger charge is -2.04. The highest BCUT2D eigenvalue weighted by atomic mass is 16.6. The molecule has 0 saturated carbocycles. The van der Waals surface area contributed by atoms with Gasteiger partial charge in [-0.1, -0.05) is 12.1 Å². The molecule has 7 heteroatoms. The third kappa shape index (κ3) is 2.32. The molecular formula is C14H10N4O3. The average molecular weight is 282 g/mol. The molecule has 3 aromatic rings. The van der Waals surface area contributed by atoms with Gasteiger partial charge in [-0.2, -0.15) is 0 Å². The maximum absolute atomic E-state index is 12.1. The van der Waals surface area contributed by atoms with Crippen LogP contribution in [0.25, 0.3) is 22.3 Å². The van der Waals surface area contributed by atoms with Crippen molar-refractivity contribution in [3.8, 4) is 11.4 Å². The Labute approximate surface area is 118 Å². The first-order valence-electron chi connectivity index (χ1n) is 6.09. The number of nitrogens with one attached hydrogen (secondary N) is 1. The van der Waals surface area contributed by atoms with Gasteiger partial charge in [-0.05, 0) is 18.2 Å². The summed E-state index contributed by atoms with van der Waals surface area (Å²) in [5.41, 5.74) is 6.66. The van der Waals surface area contributed by atoms with Gasteiger partial charge in [0.05, 0.1) is 15.8 Å². The number of aromatic amines is 1. The monoisotopic (exact) mass is 282 g/mol. The van der Waals surface area contributed by atoms with Crippen LogP contribution in [0.2, 0.25) is 0 Å². The molecular weight excluding hydrogens is 272 g/mol. The maximum atomic E-state index is 12.1. The zero-order chi connectivity index (χ0) is 15.0. The zero-order valence-corrected chi connectivity index (χ0v) is 10.7. The molecule has 0 aliphatic carbocycles. The number of nitrogens with zero attached hydrogens (tertiary/aromatic N) is 2. The quantitative estimate of drug-likeness (QED) is 0.424. The number of non-ortho nitro benzene ring substituents is 1. The van der Waals surface area contributed by atoms with Gasteiger partial charge in [0.2, 0.25) is 0 Å². The minimum absolute atomic E-state index is 0.0625. The Kier molecular flexibility index (Phi) is 2.87. The van der Waals surface area contributed by atoms with E-state index in [0.717, 1.165) is 0 Å². The number of hydrogen-bond donors (Lipinski definition) is 2. The number of nitrogens with two attached hydrogens (primary N) is 1. The molecule has 0 aliphatic rings. The summed E-state index contributed by atoms with van der Waals surface area (Å²) in [4.78, 5) is 29.3. The summed E-state index contributed by atoms with van der Waals surface area (Å²) in [6.45, 7) is 0. The molecule has 1 aromatic heterocycles. The van der Waals surface area contributed by atoms with Crippen molar-refractivity contribution in [1.29, 1.82) is 0 Å². The lowest BCUT2D eigenvalue weighted by atomic mass is 10.1. The van der Waals surface area contributed by atoms with E-state index in [-0.39, 0.29) is 17.1 Å². The Balaban J connectivity index is 2.22. The fourth-order valence-electron chi connectivity index (χ4n) is 2.06. The molecule has 21 heavy (non-hydrogen) atoms. The Morgan fingerprint density at radius 3 is 2.76 bits per heavy atom. The number of nitro groups is 1. The second-order valence-corrected chi connectivity index (χ2v) is 4.50. The molecule has 104 valence electrons. The number of H-pyrrole nitrogens is 1. The Morgan fingerprint density at radius 1 is 1.19 bits per heavy atom. The Morgan fingerprint density at radius 2 is 2.00 bits per heavy atom. The van der Waals surface area contributed by atoms with E-state index in [1.165, 1.54) is 12.1 Å². The van der Waals surface area contributed by atoms with Crippen molar-refractivity contribution in [1.82, 2.24) is 9.97 Å². The molecule has 0 spiro atoms. The number of nitro benzene ring substituents is 1. The van der Waals surface area contributed by atoms with Crippen LogP contribution in [0.3, 0.4) is 0 Å². The smallest absolute Gasteiger partial charge is 0.270 e. The zero-order valence-electron chi connectivity index (χ0n) is 10.7. The average Bonchev–Trinajstić information content (AvgIpc) is 2.48. The fourth-order valence-corrected chi connectivity index (χ4v) is 2.06. The van der Waals surface area contributed by atoms with E-state index >= 15 is 0 Å². The summed E-state index contributed by atoms with van der Waals surface area (Å²) in [7, 11) is 0. The number of rotatable bonds is 2. The summed E-state index contributed by atoms with van der Waals surface area (Å²) in [5, 5.41) is 11.2. The maximum Gasteiger partial charge on any atom is 0.270 e. The number of aromatic nitrogens is 2. The minimum atomic E-state index is -0.497. The molecule has 0 atom stereocenters. The van der Waals surface area contributed by atoms with Gasteiger partial charge in [0.1, 0.15) is 5.82 Å². The van der Waals surface area contributed by atoms with Gasteiger partial charge in [-0.3, -0.25) is 14.9 Å². The van der Waals surface area contributed by atoms with Crippen LogP contribution in [-0.2, 0) is 0 Å². The van der Waals surface area contributed by atoms with Crippen LogP contribution in [0.5, 0.6) is 0 Å². The van der Waals surface area contributed by atoms with E-state index in [1.54, 1.807) is 30.3 Å². The normalized spacial score (nSPS) is 10.7. The summed E-state index contributed by atoms with van der Waals surface area (Å²) in [5.74, 6) is 0.279. The highest BCUT2D eigenvalue weighted by Gasteiger charge is 2.10. The van der Waals surface area contributed by atoms with Crippen LogP contribution in [0.15, 0.2) is 47.3 Å². The molecule has 0 radical (unpaired) electrons. The molecule has 0 saturated heterocycles. The number of benzene rings is 2. The lowest BCUT2D eigenvalue weighted by molar-refractivity contribution is -0.384. The van der Waals surface area contributed by atoms with E-state index in [9.17, 15) is 14.9 Å². The molecule has 0 fully saturated rings. The Bertz CT molecular complexity index is 917. The number of hydrogen-bond acceptors (Lipinski definition) is 5. The second kappa shape index (κ2) is 4.71. The first kappa shape index (κ1) is 12.8. The topological polar surface area (TPSA) is 115 Å². The second-order valence-electron chi connectivity index (χ2n) is 4.50. The van der Waals surface area contributed by atoms with Gasteiger partial charge in [0.25, 0.3) is 11.2 Å². The van der Waals surface area contributed by atoms with Gasteiger partial charge in [0.15, 0.2) is 0 Å². The molecule has 1 heterocycles. The third-order valence-electron chi connectivity index (χ3n) is 3.06. The molecule has 0 amide bonds. The van der Waals surface area contributed by atoms with Crippen molar-refractivity contribution < 1.29 is 4.92 Å². The van der Waals surface area contributed by atoms with Crippen molar-refractivity contribution in [2.24, 2.45) is 0 Å².